The Balaban J connectivity index is 1.84. The molecule has 3 amide bonds. The zero-order valence-corrected chi connectivity index (χ0v) is 17.6. The first-order valence-electron chi connectivity index (χ1n) is 9.60. The van der Waals surface area contributed by atoms with Gasteiger partial charge in [0.1, 0.15) is 17.5 Å². The molecule has 0 saturated carbocycles. The third kappa shape index (κ3) is 4.61. The van der Waals surface area contributed by atoms with Crippen molar-refractivity contribution in [3.63, 3.8) is 0 Å². The highest BCUT2D eigenvalue weighted by Gasteiger charge is 2.32. The predicted molar refractivity (Wildman–Crippen MR) is 113 cm³/mol. The number of hydrogen-bond acceptors (Lipinski definition) is 7. The number of aromatic nitrogens is 1. The molecule has 1 aliphatic heterocycles. The largest absolute Gasteiger partial charge is 0.480 e. The van der Waals surface area contributed by atoms with E-state index in [9.17, 15) is 29.1 Å². The maximum Gasteiger partial charge on any atom is 0.408 e. The van der Waals surface area contributed by atoms with Gasteiger partial charge < -0.3 is 20.9 Å². The molecule has 2 aromatic rings. The van der Waals surface area contributed by atoms with Crippen LogP contribution in [0.2, 0.25) is 0 Å². The number of nitrogens with one attached hydrogen (secondary N) is 2. The number of aliphatic carboxylic acids is 1. The third-order valence-electron chi connectivity index (χ3n) is 4.58. The lowest BCUT2D eigenvalue weighted by atomic mass is 10.1. The molecule has 1 unspecified atom stereocenters. The maximum atomic E-state index is 12.5. The molecular weight excluding hydrogens is 420 g/mol. The summed E-state index contributed by atoms with van der Waals surface area (Å²) in [4.78, 5) is 59.7. The highest BCUT2D eigenvalue weighted by atomic mass is 16.6. The lowest BCUT2D eigenvalue weighted by molar-refractivity contribution is -0.139. The number of nitrogens with two attached hydrogens (primary N) is 1. The minimum absolute atomic E-state index is 0.0413. The van der Waals surface area contributed by atoms with Crippen LogP contribution in [0.5, 0.6) is 0 Å². The van der Waals surface area contributed by atoms with E-state index in [1.54, 1.807) is 32.9 Å². The fourth-order valence-electron chi connectivity index (χ4n) is 3.21. The number of ether oxygens (including phenoxy) is 1. The van der Waals surface area contributed by atoms with Crippen LogP contribution in [-0.2, 0) is 16.0 Å². The summed E-state index contributed by atoms with van der Waals surface area (Å²) in [6.45, 7) is 4.98. The molecule has 168 valence electrons. The van der Waals surface area contributed by atoms with E-state index < -0.39 is 41.1 Å². The van der Waals surface area contributed by atoms with E-state index in [0.717, 1.165) is 10.6 Å². The number of nitrogens with zero attached hydrogens (tertiary/aromatic N) is 1. The molecule has 1 atom stereocenters. The van der Waals surface area contributed by atoms with Gasteiger partial charge in [0.15, 0.2) is 0 Å². The van der Waals surface area contributed by atoms with Crippen LogP contribution in [0.25, 0.3) is 5.69 Å². The molecule has 0 saturated heterocycles. The minimum Gasteiger partial charge on any atom is -0.480 e. The smallest absolute Gasteiger partial charge is 0.408 e. The van der Waals surface area contributed by atoms with Crippen molar-refractivity contribution in [2.45, 2.75) is 38.8 Å². The van der Waals surface area contributed by atoms with Crippen molar-refractivity contribution >= 4 is 29.7 Å². The number of anilines is 1. The van der Waals surface area contributed by atoms with Crippen LogP contribution in [0.3, 0.4) is 0 Å². The number of rotatable bonds is 5. The molecule has 11 heteroatoms. The quantitative estimate of drug-likeness (QED) is 0.493. The van der Waals surface area contributed by atoms with E-state index in [1.165, 1.54) is 12.1 Å². The zero-order chi connectivity index (χ0) is 23.8. The minimum atomic E-state index is -1.24. The summed E-state index contributed by atoms with van der Waals surface area (Å²) < 4.78 is 6.17. The maximum absolute atomic E-state index is 12.5. The number of carboxylic acid groups (broad SMARTS) is 1. The summed E-state index contributed by atoms with van der Waals surface area (Å²) in [6.07, 6.45) is -0.896. The highest BCUT2D eigenvalue weighted by Crippen LogP contribution is 2.23. The fraction of sp³-hybridized carbons (Fsp3) is 0.286. The van der Waals surface area contributed by atoms with Crippen molar-refractivity contribution in [1.29, 1.82) is 0 Å². The van der Waals surface area contributed by atoms with Gasteiger partial charge in [-0.25, -0.2) is 9.59 Å². The average molecular weight is 442 g/mol. The second kappa shape index (κ2) is 8.17. The van der Waals surface area contributed by atoms with Gasteiger partial charge in [0.05, 0.1) is 16.8 Å². The van der Waals surface area contributed by atoms with Crippen molar-refractivity contribution in [2.75, 3.05) is 5.73 Å². The van der Waals surface area contributed by atoms with Gasteiger partial charge in [-0.2, -0.15) is 0 Å². The van der Waals surface area contributed by atoms with Crippen molar-refractivity contribution in [1.82, 2.24) is 15.2 Å². The molecule has 1 aliphatic rings. The number of benzene rings is 1. The Morgan fingerprint density at radius 3 is 2.34 bits per heavy atom. The van der Waals surface area contributed by atoms with Crippen molar-refractivity contribution in [3.8, 4) is 5.69 Å². The Hall–Kier alpha value is -4.15. The van der Waals surface area contributed by atoms with E-state index in [2.05, 4.69) is 10.6 Å². The third-order valence-corrected chi connectivity index (χ3v) is 4.58. The Kier molecular flexibility index (Phi) is 5.76. The first kappa shape index (κ1) is 22.5. The molecule has 5 N–H and O–H groups in total. The Morgan fingerprint density at radius 1 is 1.16 bits per heavy atom. The van der Waals surface area contributed by atoms with Gasteiger partial charge in [-0.05, 0) is 38.5 Å². The number of amides is 3. The van der Waals surface area contributed by atoms with Gasteiger partial charge in [-0.1, -0.05) is 12.1 Å². The van der Waals surface area contributed by atoms with Gasteiger partial charge in [0.2, 0.25) is 0 Å². The number of imide groups is 1. The molecule has 3 rings (SSSR count). The molecule has 0 bridgehead atoms. The number of carbonyl (C=O) groups is 4. The lowest BCUT2D eigenvalue weighted by Gasteiger charge is -2.22. The summed E-state index contributed by atoms with van der Waals surface area (Å²) >= 11 is 0. The molecule has 0 radical (unpaired) electrons. The number of alkyl carbamates (subject to hydrolysis) is 1. The topological polar surface area (TPSA) is 170 Å². The lowest BCUT2D eigenvalue weighted by Crippen LogP contribution is -2.44. The SMILES string of the molecule is CC(C)(C)OC(=O)NC(Cc1ccc(-n2c(N)c3c(cc2=O)C(=O)NC3=O)cc1)C(=O)O. The number of hydrogen-bond donors (Lipinski definition) is 4. The van der Waals surface area contributed by atoms with Gasteiger partial charge in [-0.15, -0.1) is 0 Å². The molecule has 11 nitrogen and oxygen atoms in total. The fourth-order valence-corrected chi connectivity index (χ4v) is 3.21. The van der Waals surface area contributed by atoms with E-state index in [0.29, 0.717) is 11.3 Å². The Labute approximate surface area is 182 Å². The van der Waals surface area contributed by atoms with Gasteiger partial charge >= 0.3 is 12.1 Å². The molecular formula is C21H22N4O7. The first-order valence-corrected chi connectivity index (χ1v) is 9.60. The summed E-state index contributed by atoms with van der Waals surface area (Å²) in [7, 11) is 0. The average Bonchev–Trinajstić information content (AvgIpc) is 2.94. The summed E-state index contributed by atoms with van der Waals surface area (Å²) in [5, 5.41) is 13.8. The standard InChI is InChI=1S/C21H22N4O7/c1-21(2,3)32-20(31)23-13(19(29)30)8-10-4-6-11(7-5-10)25-14(26)9-12-15(16(25)22)18(28)24-17(12)27/h4-7,9,13H,8,22H2,1-3H3,(H,23,31)(H,29,30)(H,24,27,28). The first-order chi connectivity index (χ1) is 14.9. The predicted octanol–water partition coefficient (Wildman–Crippen LogP) is 0.824. The molecule has 2 heterocycles. The number of carboxylic acids is 1. The summed E-state index contributed by atoms with van der Waals surface area (Å²) in [6, 6.07) is 5.95. The van der Waals surface area contributed by atoms with Gasteiger partial charge in [0, 0.05) is 12.5 Å². The number of fused-ring (bicyclic) bond motifs is 1. The van der Waals surface area contributed by atoms with Crippen LogP contribution in [-0.4, -0.2) is 45.2 Å². The molecule has 0 aliphatic carbocycles. The van der Waals surface area contributed by atoms with Crippen LogP contribution in [0.4, 0.5) is 10.6 Å². The van der Waals surface area contributed by atoms with E-state index in [-0.39, 0.29) is 23.4 Å². The van der Waals surface area contributed by atoms with Crippen molar-refractivity contribution < 1.29 is 29.0 Å². The van der Waals surface area contributed by atoms with Crippen LogP contribution in [0.1, 0.15) is 47.1 Å². The molecule has 1 aromatic heterocycles. The Morgan fingerprint density at radius 2 is 1.78 bits per heavy atom. The van der Waals surface area contributed by atoms with Crippen molar-refractivity contribution in [2.24, 2.45) is 0 Å². The van der Waals surface area contributed by atoms with E-state index in [1.807, 2.05) is 0 Å². The van der Waals surface area contributed by atoms with Crippen LogP contribution in [0, 0.1) is 0 Å². The van der Waals surface area contributed by atoms with Crippen LogP contribution < -0.4 is 21.9 Å². The summed E-state index contributed by atoms with van der Waals surface area (Å²) in [5.74, 6) is -2.80. The van der Waals surface area contributed by atoms with E-state index >= 15 is 0 Å². The van der Waals surface area contributed by atoms with Gasteiger partial charge in [0.25, 0.3) is 17.4 Å². The van der Waals surface area contributed by atoms with Crippen molar-refractivity contribution in [3.05, 3.63) is 57.4 Å². The molecule has 1 aromatic carbocycles. The number of carbonyl (C=O) groups excluding carboxylic acids is 3. The molecule has 0 fully saturated rings. The summed E-state index contributed by atoms with van der Waals surface area (Å²) in [5.41, 5.74) is 5.33. The number of nitrogen functional groups attached to an aromatic ring is 1. The van der Waals surface area contributed by atoms with Crippen LogP contribution >= 0.6 is 0 Å². The zero-order valence-electron chi connectivity index (χ0n) is 17.6. The molecule has 0 spiro atoms. The second-order valence-corrected chi connectivity index (χ2v) is 8.18. The van der Waals surface area contributed by atoms with E-state index in [4.69, 9.17) is 10.5 Å². The van der Waals surface area contributed by atoms with Crippen LogP contribution in [0.15, 0.2) is 35.1 Å². The monoisotopic (exact) mass is 442 g/mol. The Bertz CT molecular complexity index is 1180. The normalized spacial score (nSPS) is 13.8. The van der Waals surface area contributed by atoms with Gasteiger partial charge in [-0.3, -0.25) is 24.3 Å². The highest BCUT2D eigenvalue weighted by molar-refractivity contribution is 6.23. The second-order valence-electron chi connectivity index (χ2n) is 8.18. The number of pyridine rings is 1. The molecule has 32 heavy (non-hydrogen) atoms.